The molecular weight excluding hydrogens is 414 g/mol. The number of H-pyrrole nitrogens is 1. The highest BCUT2D eigenvalue weighted by Gasteiger charge is 2.38. The Kier molecular flexibility index (Phi) is 8.44. The van der Waals surface area contributed by atoms with Gasteiger partial charge in [-0.15, -0.1) is 0 Å². The van der Waals surface area contributed by atoms with Crippen molar-refractivity contribution in [3.8, 4) is 0 Å². The van der Waals surface area contributed by atoms with Crippen LogP contribution in [0.4, 0.5) is 0 Å². The van der Waals surface area contributed by atoms with Gasteiger partial charge in [0.25, 0.3) is 0 Å². The average Bonchev–Trinajstić information content (AvgIpc) is 3.18. The van der Waals surface area contributed by atoms with Crippen LogP contribution in [0.2, 0.25) is 0 Å². The number of hydrogen-bond acceptors (Lipinski definition) is 6. The maximum Gasteiger partial charge on any atom is 0.340 e. The number of aliphatic hydroxyl groups excluding tert-OH is 1. The highest BCUT2D eigenvalue weighted by atomic mass is 16.7. The van der Waals surface area contributed by atoms with Gasteiger partial charge in [0, 0.05) is 29.6 Å². The molecule has 0 amide bonds. The minimum Gasteiger partial charge on any atom is -0.478 e. The molecule has 174 valence electrons. The normalized spacial score (nSPS) is 24.6. The van der Waals surface area contributed by atoms with Gasteiger partial charge >= 0.3 is 11.9 Å². The largest absolute Gasteiger partial charge is 0.478 e. The molecule has 0 spiro atoms. The third-order valence-corrected chi connectivity index (χ3v) is 5.59. The van der Waals surface area contributed by atoms with Crippen molar-refractivity contribution in [2.75, 3.05) is 0 Å². The lowest BCUT2D eigenvalue weighted by Gasteiger charge is -2.38. The third-order valence-electron chi connectivity index (χ3n) is 5.59. The van der Waals surface area contributed by atoms with Crippen molar-refractivity contribution in [3.63, 3.8) is 0 Å². The molecule has 0 radical (unpaired) electrons. The van der Waals surface area contributed by atoms with E-state index in [9.17, 15) is 14.7 Å². The number of benzene rings is 1. The molecule has 1 fully saturated rings. The van der Waals surface area contributed by atoms with Crippen molar-refractivity contribution in [2.45, 2.75) is 76.7 Å². The highest BCUT2D eigenvalue weighted by Crippen LogP contribution is 2.27. The van der Waals surface area contributed by atoms with E-state index in [0.717, 1.165) is 36.2 Å². The molecule has 8 nitrogen and oxygen atoms in total. The molecule has 2 aromatic rings. The number of hydrogen-bond donors (Lipinski definition) is 3. The number of aromatic nitrogens is 1. The predicted octanol–water partition coefficient (Wildman–Crippen LogP) is 3.80. The zero-order valence-corrected chi connectivity index (χ0v) is 18.4. The van der Waals surface area contributed by atoms with Crippen LogP contribution in [0.5, 0.6) is 0 Å². The number of carbonyl (C=O) groups is 2. The van der Waals surface area contributed by atoms with Crippen molar-refractivity contribution in [3.05, 3.63) is 48.2 Å². The van der Waals surface area contributed by atoms with Gasteiger partial charge in [0.15, 0.2) is 6.29 Å². The number of rotatable bonds is 10. The monoisotopic (exact) mass is 445 g/mol. The molecule has 32 heavy (non-hydrogen) atoms. The average molecular weight is 446 g/mol. The fraction of sp³-hybridized carbons (Fsp3) is 0.500. The van der Waals surface area contributed by atoms with Gasteiger partial charge in [0.1, 0.15) is 12.2 Å². The van der Waals surface area contributed by atoms with Crippen molar-refractivity contribution in [2.24, 2.45) is 0 Å². The third kappa shape index (κ3) is 6.41. The molecule has 5 atom stereocenters. The number of aliphatic hydroxyl groups is 1. The summed E-state index contributed by atoms with van der Waals surface area (Å²) in [7, 11) is 0. The lowest BCUT2D eigenvalue weighted by atomic mass is 10.0. The maximum absolute atomic E-state index is 12.7. The van der Waals surface area contributed by atoms with Gasteiger partial charge in [0.2, 0.25) is 0 Å². The second-order valence-corrected chi connectivity index (χ2v) is 8.18. The number of para-hydroxylation sites is 1. The minimum atomic E-state index is -0.940. The van der Waals surface area contributed by atoms with E-state index >= 15 is 0 Å². The summed E-state index contributed by atoms with van der Waals surface area (Å²) in [5.41, 5.74) is 1.31. The van der Waals surface area contributed by atoms with E-state index in [-0.39, 0.29) is 12.5 Å². The molecule has 2 heterocycles. The Morgan fingerprint density at radius 2 is 2.09 bits per heavy atom. The zero-order valence-electron chi connectivity index (χ0n) is 18.4. The number of fused-ring (bicyclic) bond motifs is 1. The summed E-state index contributed by atoms with van der Waals surface area (Å²) in [6, 6.07) is 7.49. The van der Waals surface area contributed by atoms with E-state index in [2.05, 4.69) is 4.98 Å². The minimum absolute atomic E-state index is 0.129. The number of allylic oxidation sites excluding steroid dienone is 1. The molecule has 3 N–H and O–H groups in total. The van der Waals surface area contributed by atoms with Crippen molar-refractivity contribution < 1.29 is 34.0 Å². The maximum atomic E-state index is 12.7. The lowest BCUT2D eigenvalue weighted by Crippen LogP contribution is -2.49. The second-order valence-electron chi connectivity index (χ2n) is 8.18. The summed E-state index contributed by atoms with van der Waals surface area (Å²) in [6.45, 7) is 3.71. The van der Waals surface area contributed by atoms with Crippen LogP contribution in [0.15, 0.2) is 42.6 Å². The molecule has 0 saturated carbocycles. The molecular formula is C24H31NO7. The number of carboxylic acids is 1. The van der Waals surface area contributed by atoms with E-state index in [4.69, 9.17) is 19.3 Å². The number of nitrogens with one attached hydrogen (secondary N) is 1. The Balaban J connectivity index is 1.45. The molecule has 1 aromatic carbocycles. The van der Waals surface area contributed by atoms with Gasteiger partial charge in [-0.3, -0.25) is 0 Å². The summed E-state index contributed by atoms with van der Waals surface area (Å²) in [5, 5.41) is 19.9. The molecule has 1 aromatic heterocycles. The Morgan fingerprint density at radius 3 is 2.88 bits per heavy atom. The Bertz CT molecular complexity index is 937. The Morgan fingerprint density at radius 1 is 1.31 bits per heavy atom. The van der Waals surface area contributed by atoms with Crippen LogP contribution in [0, 0.1) is 0 Å². The summed E-state index contributed by atoms with van der Waals surface area (Å²) in [4.78, 5) is 26.2. The summed E-state index contributed by atoms with van der Waals surface area (Å²) < 4.78 is 17.3. The Labute approximate surface area is 187 Å². The zero-order chi connectivity index (χ0) is 23.1. The van der Waals surface area contributed by atoms with E-state index < -0.39 is 36.5 Å². The standard InChI is InChI=1S/C24H31NO7/c1-15(9-5-3-4-6-12-22(27)28)30-24-20(26)13-21(16(2)31-24)32-23(29)18-14-25-19-11-8-7-10-17(18)19/h6-8,10-12,14-16,20-21,24-26H,3-5,9,13H2,1-2H3,(H,27,28)/b12-6+/t15-,16?,20?,21-,24-/m1/s1. The lowest BCUT2D eigenvalue weighted by molar-refractivity contribution is -0.273. The van der Waals surface area contributed by atoms with Crippen LogP contribution in [-0.2, 0) is 19.0 Å². The number of unbranched alkanes of at least 4 members (excludes halogenated alkanes) is 2. The van der Waals surface area contributed by atoms with Crippen molar-refractivity contribution in [1.82, 2.24) is 4.98 Å². The van der Waals surface area contributed by atoms with E-state index in [1.165, 1.54) is 0 Å². The topological polar surface area (TPSA) is 118 Å². The van der Waals surface area contributed by atoms with Crippen LogP contribution in [0.25, 0.3) is 10.9 Å². The fourth-order valence-corrected chi connectivity index (χ4v) is 3.81. The van der Waals surface area contributed by atoms with E-state index in [1.807, 2.05) is 31.2 Å². The molecule has 1 aliphatic heterocycles. The molecule has 0 aliphatic carbocycles. The molecule has 8 heteroatoms. The highest BCUT2D eigenvalue weighted by molar-refractivity contribution is 6.04. The predicted molar refractivity (Wildman–Crippen MR) is 118 cm³/mol. The molecule has 1 aliphatic rings. The molecule has 1 saturated heterocycles. The summed E-state index contributed by atoms with van der Waals surface area (Å²) in [6.07, 6.45) is 5.00. The number of carbonyl (C=O) groups excluding carboxylic acids is 1. The van der Waals surface area contributed by atoms with Gasteiger partial charge in [-0.25, -0.2) is 9.59 Å². The molecule has 2 unspecified atom stereocenters. The Hall–Kier alpha value is -2.68. The van der Waals surface area contributed by atoms with Crippen LogP contribution < -0.4 is 0 Å². The van der Waals surface area contributed by atoms with Crippen LogP contribution in [0.3, 0.4) is 0 Å². The first-order valence-electron chi connectivity index (χ1n) is 11.0. The van der Waals surface area contributed by atoms with Gasteiger partial charge in [-0.1, -0.05) is 30.7 Å². The fourth-order valence-electron chi connectivity index (χ4n) is 3.81. The molecule has 0 bridgehead atoms. The van der Waals surface area contributed by atoms with Crippen molar-refractivity contribution >= 4 is 22.8 Å². The number of esters is 1. The van der Waals surface area contributed by atoms with Gasteiger partial charge in [-0.2, -0.15) is 0 Å². The van der Waals surface area contributed by atoms with E-state index in [1.54, 1.807) is 19.2 Å². The SMILES string of the molecule is CC1O[C@@H](O[C@H](C)CCCC/C=C/C(=O)O)C(O)C[C@H]1OC(=O)c1c[nH]c2ccccc12. The quantitative estimate of drug-likeness (QED) is 0.289. The van der Waals surface area contributed by atoms with Gasteiger partial charge in [-0.05, 0) is 39.2 Å². The number of aliphatic carboxylic acids is 1. The van der Waals surface area contributed by atoms with E-state index in [0.29, 0.717) is 12.0 Å². The first-order chi connectivity index (χ1) is 15.3. The van der Waals surface area contributed by atoms with Crippen LogP contribution >= 0.6 is 0 Å². The van der Waals surface area contributed by atoms with Crippen LogP contribution in [-0.4, -0.2) is 57.8 Å². The van der Waals surface area contributed by atoms with Crippen molar-refractivity contribution in [1.29, 1.82) is 0 Å². The van der Waals surface area contributed by atoms with Gasteiger partial charge in [0.05, 0.1) is 17.8 Å². The number of ether oxygens (including phenoxy) is 3. The smallest absolute Gasteiger partial charge is 0.340 e. The van der Waals surface area contributed by atoms with Crippen LogP contribution in [0.1, 0.15) is 56.3 Å². The summed E-state index contributed by atoms with van der Waals surface area (Å²) >= 11 is 0. The summed E-state index contributed by atoms with van der Waals surface area (Å²) in [5.74, 6) is -1.40. The van der Waals surface area contributed by atoms with Gasteiger partial charge < -0.3 is 29.4 Å². The first kappa shape index (κ1) is 24.0. The molecule has 3 rings (SSSR count). The second kappa shape index (κ2) is 11.3. The number of aromatic amines is 1. The number of carboxylic acid groups (broad SMARTS) is 1. The first-order valence-corrected chi connectivity index (χ1v) is 11.0.